The molecule has 3 atom stereocenters. The van der Waals surface area contributed by atoms with Crippen molar-refractivity contribution in [1.29, 1.82) is 0 Å². The lowest BCUT2D eigenvalue weighted by molar-refractivity contribution is -0.203. The molecule has 4 fully saturated rings. The number of aryl methyl sites for hydroxylation is 1. The van der Waals surface area contributed by atoms with Crippen molar-refractivity contribution in [1.82, 2.24) is 5.32 Å². The number of aliphatic hydroxyl groups is 1. The van der Waals surface area contributed by atoms with Crippen LogP contribution >= 0.6 is 11.6 Å². The van der Waals surface area contributed by atoms with Crippen molar-refractivity contribution in [2.24, 2.45) is 28.1 Å². The number of halogens is 1. The van der Waals surface area contributed by atoms with Gasteiger partial charge in [0.1, 0.15) is 0 Å². The van der Waals surface area contributed by atoms with Crippen molar-refractivity contribution in [3.05, 3.63) is 34.3 Å². The van der Waals surface area contributed by atoms with E-state index in [1.54, 1.807) is 0 Å². The van der Waals surface area contributed by atoms with Gasteiger partial charge >= 0.3 is 5.97 Å². The molecule has 36 heavy (non-hydrogen) atoms. The third-order valence-electron chi connectivity index (χ3n) is 9.82. The summed E-state index contributed by atoms with van der Waals surface area (Å²) in [6.45, 7) is 13.4. The van der Waals surface area contributed by atoms with E-state index in [-0.39, 0.29) is 46.7 Å². The van der Waals surface area contributed by atoms with Crippen molar-refractivity contribution in [2.75, 3.05) is 13.7 Å². The van der Waals surface area contributed by atoms with Gasteiger partial charge in [-0.3, -0.25) is 9.59 Å². The minimum atomic E-state index is -0.502. The molecule has 1 amide bonds. The summed E-state index contributed by atoms with van der Waals surface area (Å²) in [6, 6.07) is 6.31. The van der Waals surface area contributed by atoms with Gasteiger partial charge in [0.15, 0.2) is 0 Å². The van der Waals surface area contributed by atoms with Crippen LogP contribution in [0.5, 0.6) is 0 Å². The second-order valence-corrected chi connectivity index (χ2v) is 14.5. The Kier molecular flexibility index (Phi) is 6.87. The van der Waals surface area contributed by atoms with E-state index in [4.69, 9.17) is 16.3 Å². The van der Waals surface area contributed by atoms with Crippen LogP contribution in [0.25, 0.3) is 0 Å². The number of carbonyl (C=O) groups is 2. The number of methoxy groups -OCH3 is 1. The third-order valence-corrected chi connectivity index (χ3v) is 10.2. The molecule has 0 aromatic heterocycles. The Hall–Kier alpha value is -1.59. The molecule has 2 N–H and O–H groups in total. The lowest BCUT2D eigenvalue weighted by Gasteiger charge is -2.68. The van der Waals surface area contributed by atoms with Crippen molar-refractivity contribution >= 4 is 23.5 Å². The Morgan fingerprint density at radius 1 is 1.17 bits per heavy atom. The zero-order valence-electron chi connectivity index (χ0n) is 23.1. The predicted molar refractivity (Wildman–Crippen MR) is 143 cm³/mol. The van der Waals surface area contributed by atoms with Crippen LogP contribution in [-0.2, 0) is 26.2 Å². The summed E-state index contributed by atoms with van der Waals surface area (Å²) >= 11 is 6.83. The molecule has 0 spiro atoms. The molecule has 3 unspecified atom stereocenters. The summed E-state index contributed by atoms with van der Waals surface area (Å²) in [4.78, 5) is 25.6. The van der Waals surface area contributed by atoms with Crippen molar-refractivity contribution in [3.63, 3.8) is 0 Å². The smallest absolute Gasteiger partial charge is 0.312 e. The van der Waals surface area contributed by atoms with Gasteiger partial charge in [-0.05, 0) is 78.4 Å². The van der Waals surface area contributed by atoms with Gasteiger partial charge in [0.2, 0.25) is 5.91 Å². The van der Waals surface area contributed by atoms with E-state index in [0.717, 1.165) is 35.4 Å². The van der Waals surface area contributed by atoms with Gasteiger partial charge in [-0.2, -0.15) is 0 Å². The van der Waals surface area contributed by atoms with Crippen LogP contribution < -0.4 is 5.32 Å². The number of rotatable bonds is 8. The highest BCUT2D eigenvalue weighted by Crippen LogP contribution is 2.68. The number of hydrogen-bond acceptors (Lipinski definition) is 4. The van der Waals surface area contributed by atoms with Gasteiger partial charge in [-0.15, -0.1) is 0 Å². The van der Waals surface area contributed by atoms with Crippen LogP contribution in [0.2, 0.25) is 5.02 Å². The number of esters is 1. The Bertz CT molecular complexity index is 1020. The van der Waals surface area contributed by atoms with E-state index in [0.29, 0.717) is 25.7 Å². The number of benzene rings is 1. The highest BCUT2D eigenvalue weighted by atomic mass is 35.5. The van der Waals surface area contributed by atoms with Gasteiger partial charge in [-0.25, -0.2) is 0 Å². The van der Waals surface area contributed by atoms with Crippen LogP contribution in [0.3, 0.4) is 0 Å². The van der Waals surface area contributed by atoms with Crippen LogP contribution in [0, 0.1) is 28.1 Å². The van der Waals surface area contributed by atoms with Gasteiger partial charge in [0.25, 0.3) is 0 Å². The quantitative estimate of drug-likeness (QED) is 0.425. The number of aliphatic hydroxyl groups excluding tert-OH is 1. The molecular weight excluding hydrogens is 474 g/mol. The monoisotopic (exact) mass is 517 g/mol. The average molecular weight is 518 g/mol. The molecule has 2 bridgehead atoms. The zero-order valence-corrected chi connectivity index (χ0v) is 23.8. The number of carbonyl (C=O) groups excluding carboxylic acids is 2. The number of ether oxygens (including phenoxy) is 1. The summed E-state index contributed by atoms with van der Waals surface area (Å²) in [5, 5.41) is 14.6. The lowest BCUT2D eigenvalue weighted by atomic mass is 9.39. The normalized spacial score (nSPS) is 34.5. The number of amides is 1. The molecule has 4 aliphatic carbocycles. The maximum absolute atomic E-state index is 13.6. The fourth-order valence-electron chi connectivity index (χ4n) is 7.62. The van der Waals surface area contributed by atoms with Gasteiger partial charge < -0.3 is 15.2 Å². The molecule has 5 rings (SSSR count). The average Bonchev–Trinajstić information content (AvgIpc) is 2.92. The first-order valence-electron chi connectivity index (χ1n) is 13.4. The summed E-state index contributed by atoms with van der Waals surface area (Å²) in [6.07, 6.45) is 5.03. The largest absolute Gasteiger partial charge is 0.469 e. The molecule has 1 aromatic carbocycles. The summed E-state index contributed by atoms with van der Waals surface area (Å²) in [7, 11) is 1.43. The minimum absolute atomic E-state index is 0.00977. The van der Waals surface area contributed by atoms with E-state index in [9.17, 15) is 14.7 Å². The predicted octanol–water partition coefficient (Wildman–Crippen LogP) is 5.83. The van der Waals surface area contributed by atoms with E-state index in [1.165, 1.54) is 7.11 Å². The molecule has 4 aliphatic rings. The first-order valence-corrected chi connectivity index (χ1v) is 13.8. The summed E-state index contributed by atoms with van der Waals surface area (Å²) < 4.78 is 4.95. The van der Waals surface area contributed by atoms with E-state index in [1.807, 2.05) is 0 Å². The topological polar surface area (TPSA) is 75.6 Å². The van der Waals surface area contributed by atoms with Crippen molar-refractivity contribution in [2.45, 2.75) is 97.4 Å². The number of nitrogens with one attached hydrogen (secondary N) is 1. The molecule has 4 saturated carbocycles. The lowest BCUT2D eigenvalue weighted by Crippen LogP contribution is -2.77. The van der Waals surface area contributed by atoms with Crippen LogP contribution in [0.15, 0.2) is 18.2 Å². The highest BCUT2D eigenvalue weighted by Gasteiger charge is 2.73. The summed E-state index contributed by atoms with van der Waals surface area (Å²) in [5.74, 6) is 0.0174. The van der Waals surface area contributed by atoms with Crippen molar-refractivity contribution in [3.8, 4) is 0 Å². The Labute approximate surface area is 221 Å². The third kappa shape index (κ3) is 4.60. The molecule has 1 aromatic rings. The van der Waals surface area contributed by atoms with Crippen LogP contribution in [-0.4, -0.2) is 36.2 Å². The van der Waals surface area contributed by atoms with Gasteiger partial charge in [0, 0.05) is 29.0 Å². The Morgan fingerprint density at radius 2 is 1.81 bits per heavy atom. The fraction of sp³-hybridized carbons (Fsp3) is 0.733. The summed E-state index contributed by atoms with van der Waals surface area (Å²) in [5.41, 5.74) is 1.18. The van der Waals surface area contributed by atoms with Gasteiger partial charge in [0.05, 0.1) is 12.5 Å². The second kappa shape index (κ2) is 9.01. The molecule has 0 heterocycles. The maximum Gasteiger partial charge on any atom is 0.312 e. The van der Waals surface area contributed by atoms with Crippen LogP contribution in [0.4, 0.5) is 0 Å². The van der Waals surface area contributed by atoms with E-state index < -0.39 is 10.8 Å². The molecular formula is C30H44ClNO4. The number of hydrogen-bond donors (Lipinski definition) is 2. The van der Waals surface area contributed by atoms with Crippen molar-refractivity contribution < 1.29 is 19.4 Å². The second-order valence-electron chi connectivity index (χ2n) is 14.1. The minimum Gasteiger partial charge on any atom is -0.469 e. The molecule has 6 heteroatoms. The molecule has 5 nitrogen and oxygen atoms in total. The standard InChI is InChI=1S/C30H44ClNO4/c1-19-22(14-33)30(15-27(19,5)6,21-9-8-20(23(31)12-21)10-11-26(2,3)4)13-24(34)32-29-16-28(17-29,18-29)25(35)36-7/h8-9,12,19,22,33H,10-11,13-18H2,1-7H3,(H,32,34). The molecule has 0 radical (unpaired) electrons. The maximum atomic E-state index is 13.6. The fourth-order valence-corrected chi connectivity index (χ4v) is 7.90. The van der Waals surface area contributed by atoms with E-state index in [2.05, 4.69) is 65.1 Å². The van der Waals surface area contributed by atoms with Gasteiger partial charge in [-0.1, -0.05) is 65.3 Å². The SMILES string of the molecule is COC(=O)C12CC(NC(=O)CC3(c4ccc(CCC(C)(C)C)c(Cl)c4)CC(C)(C)C(C)C3CO)(C1)C2. The molecule has 0 saturated heterocycles. The zero-order chi connectivity index (χ0) is 26.7. The molecule has 200 valence electrons. The first-order chi connectivity index (χ1) is 16.6. The molecule has 0 aliphatic heterocycles. The Morgan fingerprint density at radius 3 is 2.33 bits per heavy atom. The van der Waals surface area contributed by atoms with Crippen LogP contribution in [0.1, 0.15) is 91.2 Å². The Balaban J connectivity index is 1.59. The van der Waals surface area contributed by atoms with E-state index >= 15 is 0 Å². The highest BCUT2D eigenvalue weighted by molar-refractivity contribution is 6.31. The first kappa shape index (κ1) is 27.4.